The molecule has 0 atom stereocenters. The van der Waals surface area contributed by atoms with Crippen molar-refractivity contribution in [3.05, 3.63) is 48.0 Å². The number of aromatic nitrogens is 1. The van der Waals surface area contributed by atoms with Gasteiger partial charge in [0.05, 0.1) is 16.8 Å². The Morgan fingerprint density at radius 1 is 1.16 bits per heavy atom. The highest BCUT2D eigenvalue weighted by Crippen LogP contribution is 2.29. The maximum Gasteiger partial charge on any atom is 0.308 e. The quantitative estimate of drug-likeness (QED) is 0.555. The van der Waals surface area contributed by atoms with E-state index in [1.165, 1.54) is 24.3 Å². The topological polar surface area (TPSA) is 77.5 Å². The van der Waals surface area contributed by atoms with E-state index in [-0.39, 0.29) is 5.91 Å². The number of carbonyl (C=O) groups is 2. The summed E-state index contributed by atoms with van der Waals surface area (Å²) in [6, 6.07) is 12.0. The van der Waals surface area contributed by atoms with Gasteiger partial charge in [-0.2, -0.15) is 0 Å². The Balaban J connectivity index is 1.78. The van der Waals surface area contributed by atoms with Gasteiger partial charge in [0.15, 0.2) is 5.13 Å². The third kappa shape index (κ3) is 4.13. The molecule has 0 saturated heterocycles. The Bertz CT molecular complexity index is 936. The Hall–Kier alpha value is -2.93. The lowest BCUT2D eigenvalue weighted by molar-refractivity contribution is -0.131. The number of rotatable bonds is 5. The molecule has 3 aromatic rings. The number of ether oxygens (including phenoxy) is 2. The molecule has 1 aromatic heterocycles. The zero-order chi connectivity index (χ0) is 17.8. The van der Waals surface area contributed by atoms with E-state index in [0.717, 1.165) is 16.0 Å². The van der Waals surface area contributed by atoms with Gasteiger partial charge in [0, 0.05) is 12.5 Å². The lowest BCUT2D eigenvalue weighted by Crippen LogP contribution is -2.12. The largest absolute Gasteiger partial charge is 0.494 e. The molecule has 0 aliphatic heterocycles. The van der Waals surface area contributed by atoms with Gasteiger partial charge in [-0.15, -0.1) is 0 Å². The van der Waals surface area contributed by atoms with Crippen molar-refractivity contribution in [2.75, 3.05) is 11.9 Å². The first kappa shape index (κ1) is 16.9. The highest BCUT2D eigenvalue weighted by atomic mass is 32.1. The van der Waals surface area contributed by atoms with Gasteiger partial charge in [0.1, 0.15) is 11.5 Å². The number of nitrogens with one attached hydrogen (secondary N) is 1. The molecule has 1 N–H and O–H groups in total. The number of carbonyl (C=O) groups excluding carboxylic acids is 2. The first-order chi connectivity index (χ1) is 12.0. The van der Waals surface area contributed by atoms with Gasteiger partial charge in [-0.3, -0.25) is 14.9 Å². The molecular formula is C18H16N2O4S. The summed E-state index contributed by atoms with van der Waals surface area (Å²) in [5.41, 5.74) is 1.17. The molecule has 0 aliphatic rings. The van der Waals surface area contributed by atoms with Crippen LogP contribution >= 0.6 is 11.3 Å². The summed E-state index contributed by atoms with van der Waals surface area (Å²) < 4.78 is 11.4. The number of fused-ring (bicyclic) bond motifs is 1. The van der Waals surface area contributed by atoms with E-state index in [0.29, 0.717) is 23.1 Å². The van der Waals surface area contributed by atoms with Gasteiger partial charge in [-0.25, -0.2) is 4.98 Å². The molecule has 2 aromatic carbocycles. The van der Waals surface area contributed by atoms with Gasteiger partial charge in [-0.1, -0.05) is 17.4 Å². The highest BCUT2D eigenvalue weighted by molar-refractivity contribution is 7.22. The van der Waals surface area contributed by atoms with Crippen molar-refractivity contribution in [2.24, 2.45) is 0 Å². The number of nitrogens with zero attached hydrogens (tertiary/aromatic N) is 1. The molecule has 1 amide bonds. The van der Waals surface area contributed by atoms with Crippen LogP contribution in [0.5, 0.6) is 11.5 Å². The zero-order valence-corrected chi connectivity index (χ0v) is 14.6. The van der Waals surface area contributed by atoms with Gasteiger partial charge < -0.3 is 9.47 Å². The summed E-state index contributed by atoms with van der Waals surface area (Å²) in [5, 5.41) is 3.26. The molecule has 0 spiro atoms. The van der Waals surface area contributed by atoms with Crippen LogP contribution in [0.2, 0.25) is 0 Å². The van der Waals surface area contributed by atoms with Crippen molar-refractivity contribution in [3.8, 4) is 11.5 Å². The molecule has 0 saturated carbocycles. The maximum absolute atomic E-state index is 12.4. The van der Waals surface area contributed by atoms with Crippen molar-refractivity contribution >= 4 is 38.6 Å². The number of hydrogen-bond donors (Lipinski definition) is 1. The second-order valence-electron chi connectivity index (χ2n) is 5.16. The van der Waals surface area contributed by atoms with Crippen LogP contribution in [0.1, 0.15) is 24.2 Å². The fraction of sp³-hybridized carbons (Fsp3) is 0.167. The molecule has 128 valence electrons. The van der Waals surface area contributed by atoms with E-state index < -0.39 is 5.97 Å². The second kappa shape index (κ2) is 7.31. The summed E-state index contributed by atoms with van der Waals surface area (Å²) >= 11 is 1.37. The number of esters is 1. The Morgan fingerprint density at radius 3 is 2.76 bits per heavy atom. The average molecular weight is 356 g/mol. The maximum atomic E-state index is 12.4. The zero-order valence-electron chi connectivity index (χ0n) is 13.7. The van der Waals surface area contributed by atoms with Crippen molar-refractivity contribution < 1.29 is 19.1 Å². The molecule has 0 unspecified atom stereocenters. The van der Waals surface area contributed by atoms with Crippen LogP contribution in [-0.2, 0) is 4.79 Å². The van der Waals surface area contributed by atoms with E-state index in [1.807, 2.05) is 25.1 Å². The molecule has 0 fully saturated rings. The van der Waals surface area contributed by atoms with E-state index in [9.17, 15) is 9.59 Å². The van der Waals surface area contributed by atoms with Crippen molar-refractivity contribution in [2.45, 2.75) is 13.8 Å². The van der Waals surface area contributed by atoms with E-state index >= 15 is 0 Å². The Labute approximate surface area is 148 Å². The summed E-state index contributed by atoms with van der Waals surface area (Å²) in [5.74, 6) is 0.336. The Morgan fingerprint density at radius 2 is 2.00 bits per heavy atom. The van der Waals surface area contributed by atoms with Crippen LogP contribution in [0.25, 0.3) is 10.2 Å². The van der Waals surface area contributed by atoms with Gasteiger partial charge in [-0.05, 0) is 43.3 Å². The summed E-state index contributed by atoms with van der Waals surface area (Å²) in [6.07, 6.45) is 0. The summed E-state index contributed by atoms with van der Waals surface area (Å²) in [7, 11) is 0. The smallest absolute Gasteiger partial charge is 0.308 e. The van der Waals surface area contributed by atoms with Crippen LogP contribution in [0.4, 0.5) is 5.13 Å². The van der Waals surface area contributed by atoms with Crippen LogP contribution in [0, 0.1) is 0 Å². The molecule has 1 heterocycles. The van der Waals surface area contributed by atoms with E-state index in [1.54, 1.807) is 18.2 Å². The molecule has 0 aliphatic carbocycles. The number of amides is 1. The first-order valence-electron chi connectivity index (χ1n) is 7.68. The fourth-order valence-corrected chi connectivity index (χ4v) is 3.14. The van der Waals surface area contributed by atoms with E-state index in [4.69, 9.17) is 9.47 Å². The summed E-state index contributed by atoms with van der Waals surface area (Å²) in [6.45, 7) is 3.82. The molecule has 0 radical (unpaired) electrons. The average Bonchev–Trinajstić information content (AvgIpc) is 2.96. The minimum atomic E-state index is -0.436. The molecule has 6 nitrogen and oxygen atoms in total. The first-order valence-corrected chi connectivity index (χ1v) is 8.50. The predicted molar refractivity (Wildman–Crippen MR) is 96.5 cm³/mol. The molecule has 25 heavy (non-hydrogen) atoms. The van der Waals surface area contributed by atoms with Crippen molar-refractivity contribution in [3.63, 3.8) is 0 Å². The fourth-order valence-electron chi connectivity index (χ4n) is 2.25. The monoisotopic (exact) mass is 356 g/mol. The van der Waals surface area contributed by atoms with Gasteiger partial charge in [0.25, 0.3) is 5.91 Å². The third-order valence-corrected chi connectivity index (χ3v) is 4.18. The number of benzene rings is 2. The van der Waals surface area contributed by atoms with E-state index in [2.05, 4.69) is 10.3 Å². The standard InChI is InChI=1S/C18H16N2O4S/c1-3-23-13-7-8-15-16(10-13)25-18(19-15)20-17(22)12-5-4-6-14(9-12)24-11(2)21/h4-10H,3H2,1-2H3,(H,19,20,22). The summed E-state index contributed by atoms with van der Waals surface area (Å²) in [4.78, 5) is 27.8. The normalized spacial score (nSPS) is 10.5. The van der Waals surface area contributed by atoms with Gasteiger partial charge >= 0.3 is 5.97 Å². The number of hydrogen-bond acceptors (Lipinski definition) is 6. The van der Waals surface area contributed by atoms with Crippen LogP contribution in [0.3, 0.4) is 0 Å². The van der Waals surface area contributed by atoms with Crippen molar-refractivity contribution in [1.29, 1.82) is 0 Å². The number of anilines is 1. The lowest BCUT2D eigenvalue weighted by Gasteiger charge is -2.04. The van der Waals surface area contributed by atoms with Gasteiger partial charge in [0.2, 0.25) is 0 Å². The van der Waals surface area contributed by atoms with Crippen LogP contribution in [0.15, 0.2) is 42.5 Å². The SMILES string of the molecule is CCOc1ccc2nc(NC(=O)c3cccc(OC(C)=O)c3)sc2c1. The molecule has 7 heteroatoms. The second-order valence-corrected chi connectivity index (χ2v) is 6.19. The third-order valence-electron chi connectivity index (χ3n) is 3.25. The molecule has 3 rings (SSSR count). The predicted octanol–water partition coefficient (Wildman–Crippen LogP) is 3.87. The molecule has 0 bridgehead atoms. The highest BCUT2D eigenvalue weighted by Gasteiger charge is 2.12. The number of thiazole rings is 1. The molecular weight excluding hydrogens is 340 g/mol. The minimum Gasteiger partial charge on any atom is -0.494 e. The van der Waals surface area contributed by atoms with Crippen LogP contribution in [-0.4, -0.2) is 23.5 Å². The Kier molecular flexibility index (Phi) is 4.95. The van der Waals surface area contributed by atoms with Crippen molar-refractivity contribution in [1.82, 2.24) is 4.98 Å². The lowest BCUT2D eigenvalue weighted by atomic mass is 10.2. The minimum absolute atomic E-state index is 0.321. The van der Waals surface area contributed by atoms with Crippen LogP contribution < -0.4 is 14.8 Å².